The average molecular weight is 267 g/mol. The number of fused-ring (bicyclic) bond motifs is 1. The molecule has 2 aromatic heterocycles. The fourth-order valence-electron chi connectivity index (χ4n) is 1.34. The number of aryl methyl sites for hydroxylation is 1. The van der Waals surface area contributed by atoms with E-state index >= 15 is 0 Å². The third-order valence-electron chi connectivity index (χ3n) is 2.19. The molecule has 0 spiro atoms. The molecule has 0 aliphatic rings. The summed E-state index contributed by atoms with van der Waals surface area (Å²) in [7, 11) is -0.426. The zero-order chi connectivity index (χ0) is 13.3. The van der Waals surface area contributed by atoms with Gasteiger partial charge in [0.25, 0.3) is 0 Å². The van der Waals surface area contributed by atoms with Crippen molar-refractivity contribution >= 4 is 27.3 Å². The van der Waals surface area contributed by atoms with Gasteiger partial charge in [-0.25, -0.2) is 0 Å². The molecular weight excluding hydrogens is 254 g/mol. The minimum Gasteiger partial charge on any atom is -0.443 e. The van der Waals surface area contributed by atoms with Crippen LogP contribution in [0.25, 0.3) is 11.0 Å². The van der Waals surface area contributed by atoms with Crippen molar-refractivity contribution in [2.45, 2.75) is 12.0 Å². The van der Waals surface area contributed by atoms with Crippen LogP contribution < -0.4 is 0 Å². The summed E-state index contributed by atoms with van der Waals surface area (Å²) in [4.78, 5) is 5.61. The first-order valence-corrected chi connectivity index (χ1v) is 6.65. The minimum absolute atomic E-state index is 0.178. The molecule has 96 valence electrons. The summed E-state index contributed by atoms with van der Waals surface area (Å²) in [5, 5.41) is 0.460. The quantitative estimate of drug-likeness (QED) is 0.621. The van der Waals surface area contributed by atoms with Crippen molar-refractivity contribution in [1.29, 1.82) is 0 Å². The van der Waals surface area contributed by atoms with Gasteiger partial charge in [0.15, 0.2) is 0 Å². The molecule has 0 bridgehead atoms. The van der Waals surface area contributed by atoms with Crippen LogP contribution in [0.1, 0.15) is 5.69 Å². The van der Waals surface area contributed by atoms with Gasteiger partial charge in [-0.05, 0) is 6.92 Å². The van der Waals surface area contributed by atoms with Gasteiger partial charge in [0, 0.05) is 43.5 Å². The van der Waals surface area contributed by atoms with E-state index in [4.69, 9.17) is 4.42 Å². The van der Waals surface area contributed by atoms with Gasteiger partial charge < -0.3 is 9.32 Å². The molecule has 18 heavy (non-hydrogen) atoms. The molecule has 6 nitrogen and oxygen atoms in total. The average Bonchev–Trinajstić information content (AvgIpc) is 2.70. The van der Waals surface area contributed by atoms with Gasteiger partial charge >= 0.3 is 10.0 Å². The predicted octanol–water partition coefficient (Wildman–Crippen LogP) is 1.41. The third-order valence-corrected chi connectivity index (χ3v) is 3.27. The maximum atomic E-state index is 11.9. The van der Waals surface area contributed by atoms with Crippen LogP contribution in [0.5, 0.6) is 0 Å². The van der Waals surface area contributed by atoms with Crippen molar-refractivity contribution in [1.82, 2.24) is 9.88 Å². The number of hydrogen-bond donors (Lipinski definition) is 0. The molecule has 0 aliphatic carbocycles. The number of sulfonamides is 1. The Balaban J connectivity index is 2.48. The summed E-state index contributed by atoms with van der Waals surface area (Å²) in [6.07, 6.45) is 2.79. The lowest BCUT2D eigenvalue weighted by Gasteiger charge is -2.01. The highest BCUT2D eigenvalue weighted by molar-refractivity contribution is 7.90. The monoisotopic (exact) mass is 267 g/mol. The Labute approximate surface area is 105 Å². The van der Waals surface area contributed by atoms with E-state index in [1.807, 2.05) is 0 Å². The Hall–Kier alpha value is -1.89. The Morgan fingerprint density at radius 1 is 1.39 bits per heavy atom. The number of aromatic nitrogens is 1. The van der Waals surface area contributed by atoms with Crippen LogP contribution in [-0.4, -0.2) is 38.7 Å². The van der Waals surface area contributed by atoms with Crippen LogP contribution in [0.4, 0.5) is 0 Å². The van der Waals surface area contributed by atoms with E-state index in [0.717, 1.165) is 5.69 Å². The summed E-state index contributed by atoms with van der Waals surface area (Å²) in [6, 6.07) is 3.11. The van der Waals surface area contributed by atoms with Gasteiger partial charge in [-0.15, -0.1) is 4.40 Å². The first-order valence-electron chi connectivity index (χ1n) is 5.21. The highest BCUT2D eigenvalue weighted by atomic mass is 32.2. The largest absolute Gasteiger partial charge is 0.443 e. The van der Waals surface area contributed by atoms with Crippen LogP contribution in [0.2, 0.25) is 0 Å². The van der Waals surface area contributed by atoms with E-state index in [1.165, 1.54) is 17.3 Å². The third kappa shape index (κ3) is 2.51. The lowest BCUT2D eigenvalue weighted by Crippen LogP contribution is -2.09. The number of pyridine rings is 1. The predicted molar refractivity (Wildman–Crippen MR) is 68.1 cm³/mol. The van der Waals surface area contributed by atoms with Crippen molar-refractivity contribution in [2.24, 2.45) is 4.40 Å². The number of nitrogens with zero attached hydrogens (tertiary/aromatic N) is 3. The zero-order valence-electron chi connectivity index (χ0n) is 10.3. The highest BCUT2D eigenvalue weighted by Crippen LogP contribution is 2.23. The molecule has 0 fully saturated rings. The molecule has 0 amide bonds. The summed E-state index contributed by atoms with van der Waals surface area (Å²) in [5.41, 5.74) is 1.25. The van der Waals surface area contributed by atoms with E-state index in [0.29, 0.717) is 11.0 Å². The Morgan fingerprint density at radius 3 is 2.78 bits per heavy atom. The maximum absolute atomic E-state index is 11.9. The maximum Gasteiger partial charge on any atom is 0.317 e. The first-order chi connectivity index (χ1) is 8.38. The molecule has 2 heterocycles. The van der Waals surface area contributed by atoms with Crippen molar-refractivity contribution in [3.63, 3.8) is 0 Å². The van der Waals surface area contributed by atoms with Crippen LogP contribution in [0.15, 0.2) is 32.2 Å². The molecular formula is C11H13N3O3S. The Bertz CT molecular complexity index is 701. The van der Waals surface area contributed by atoms with Crippen molar-refractivity contribution in [3.05, 3.63) is 24.0 Å². The van der Waals surface area contributed by atoms with E-state index in [-0.39, 0.29) is 5.09 Å². The molecule has 0 saturated carbocycles. The normalized spacial score (nSPS) is 12.4. The van der Waals surface area contributed by atoms with Crippen LogP contribution in [0.3, 0.4) is 0 Å². The van der Waals surface area contributed by atoms with Crippen LogP contribution >= 0.6 is 0 Å². The van der Waals surface area contributed by atoms with E-state index < -0.39 is 10.0 Å². The fraction of sp³-hybridized carbons (Fsp3) is 0.273. The van der Waals surface area contributed by atoms with Gasteiger partial charge in [0.2, 0.25) is 5.09 Å². The molecule has 0 atom stereocenters. The molecule has 0 saturated heterocycles. The van der Waals surface area contributed by atoms with Crippen LogP contribution in [0, 0.1) is 6.92 Å². The zero-order valence-corrected chi connectivity index (χ0v) is 11.1. The second kappa shape index (κ2) is 4.41. The standard InChI is InChI=1S/C11H13N3O3S/c1-8-4-10-9(6-12-8)5-11(17-10)18(15,16)13-7-14(2)3/h4-7H,1-3H3. The second-order valence-electron chi connectivity index (χ2n) is 4.09. The SMILES string of the molecule is Cc1cc2oc(S(=O)(=O)N=CN(C)C)cc2cn1. The molecule has 0 aliphatic heterocycles. The number of rotatable bonds is 3. The molecule has 7 heteroatoms. The summed E-state index contributed by atoms with van der Waals surface area (Å²) in [5.74, 6) is 0. The van der Waals surface area contributed by atoms with Gasteiger partial charge in [-0.2, -0.15) is 8.42 Å². The summed E-state index contributed by atoms with van der Waals surface area (Å²) < 4.78 is 32.5. The number of hydrogen-bond acceptors (Lipinski definition) is 4. The van der Waals surface area contributed by atoms with Gasteiger partial charge in [-0.1, -0.05) is 0 Å². The van der Waals surface area contributed by atoms with Crippen molar-refractivity contribution in [3.8, 4) is 0 Å². The molecule has 0 radical (unpaired) electrons. The van der Waals surface area contributed by atoms with E-state index in [9.17, 15) is 8.42 Å². The molecule has 2 aromatic rings. The number of furan rings is 1. The lowest BCUT2D eigenvalue weighted by atomic mass is 10.3. The second-order valence-corrected chi connectivity index (χ2v) is 5.65. The molecule has 0 aromatic carbocycles. The molecule has 0 N–H and O–H groups in total. The lowest BCUT2D eigenvalue weighted by molar-refractivity contribution is 0.482. The molecule has 0 unspecified atom stereocenters. The van der Waals surface area contributed by atoms with Crippen molar-refractivity contribution < 1.29 is 12.8 Å². The van der Waals surface area contributed by atoms with Crippen molar-refractivity contribution in [2.75, 3.05) is 14.1 Å². The fourth-order valence-corrected chi connectivity index (χ4v) is 2.23. The highest BCUT2D eigenvalue weighted by Gasteiger charge is 2.18. The van der Waals surface area contributed by atoms with E-state index in [2.05, 4.69) is 9.38 Å². The van der Waals surface area contributed by atoms with Crippen LogP contribution in [-0.2, 0) is 10.0 Å². The smallest absolute Gasteiger partial charge is 0.317 e. The molecule has 2 rings (SSSR count). The summed E-state index contributed by atoms with van der Waals surface area (Å²) in [6.45, 7) is 1.81. The Morgan fingerprint density at radius 2 is 2.11 bits per heavy atom. The first kappa shape index (κ1) is 12.6. The minimum atomic E-state index is -3.80. The van der Waals surface area contributed by atoms with Gasteiger partial charge in [0.1, 0.15) is 11.9 Å². The summed E-state index contributed by atoms with van der Waals surface area (Å²) >= 11 is 0. The van der Waals surface area contributed by atoms with E-state index in [1.54, 1.807) is 33.3 Å². The van der Waals surface area contributed by atoms with Gasteiger partial charge in [-0.3, -0.25) is 4.98 Å². The van der Waals surface area contributed by atoms with Gasteiger partial charge in [0.05, 0.1) is 0 Å². The Kier molecular flexibility index (Phi) is 3.08. The topological polar surface area (TPSA) is 75.8 Å².